The third-order valence-corrected chi connectivity index (χ3v) is 2.93. The summed E-state index contributed by atoms with van der Waals surface area (Å²) in [6.45, 7) is 0. The van der Waals surface area contributed by atoms with Crippen LogP contribution in [0.5, 0.6) is 0 Å². The maximum Gasteiger partial charge on any atom is 0.0161 e. The van der Waals surface area contributed by atoms with Crippen molar-refractivity contribution in [1.29, 1.82) is 0 Å². The molecule has 4 rings (SSSR count). The number of hydrogen-bond donors (Lipinski definition) is 0. The molecule has 0 saturated carbocycles. The Hall–Kier alpha value is -0.780. The lowest BCUT2D eigenvalue weighted by Gasteiger charge is -2.38. The molecule has 10 heavy (non-hydrogen) atoms. The summed E-state index contributed by atoms with van der Waals surface area (Å²) in [5.74, 6) is 1.41. The minimum atomic E-state index is 0.703. The van der Waals surface area contributed by atoms with Crippen molar-refractivity contribution >= 4 is 0 Å². The average Bonchev–Trinajstić information content (AvgIpc) is 1.88. The Morgan fingerprint density at radius 2 is 1.20 bits per heavy atom. The van der Waals surface area contributed by atoms with Crippen LogP contribution in [-0.4, -0.2) is 0 Å². The lowest BCUT2D eigenvalue weighted by Crippen LogP contribution is -2.23. The molecule has 0 fully saturated rings. The van der Waals surface area contributed by atoms with Crippen molar-refractivity contribution in [3.05, 3.63) is 35.5 Å². The zero-order valence-electron chi connectivity index (χ0n) is 5.88. The van der Waals surface area contributed by atoms with Crippen molar-refractivity contribution in [3.8, 4) is 0 Å². The van der Waals surface area contributed by atoms with Gasteiger partial charge in [0.1, 0.15) is 0 Å². The molecule has 0 aromatic rings. The third kappa shape index (κ3) is 0.406. The predicted molar refractivity (Wildman–Crippen MR) is 41.5 cm³/mol. The van der Waals surface area contributed by atoms with Gasteiger partial charge in [-0.15, -0.1) is 0 Å². The number of hydrogen-bond acceptors (Lipinski definition) is 0. The van der Waals surface area contributed by atoms with Crippen LogP contribution in [-0.2, 0) is 0 Å². The smallest absolute Gasteiger partial charge is 0.0161 e. The Bertz CT molecular complexity index is 226. The Kier molecular flexibility index (Phi) is 0.715. The van der Waals surface area contributed by atoms with Crippen molar-refractivity contribution in [3.63, 3.8) is 0 Å². The van der Waals surface area contributed by atoms with E-state index in [0.717, 1.165) is 0 Å². The summed E-state index contributed by atoms with van der Waals surface area (Å²) >= 11 is 0. The molecule has 0 spiro atoms. The molecule has 0 unspecified atom stereocenters. The van der Waals surface area contributed by atoms with Gasteiger partial charge in [-0.2, -0.15) is 0 Å². The van der Waals surface area contributed by atoms with Gasteiger partial charge < -0.3 is 0 Å². The van der Waals surface area contributed by atoms with E-state index in [-0.39, 0.29) is 0 Å². The lowest BCUT2D eigenvalue weighted by atomic mass is 9.67. The van der Waals surface area contributed by atoms with Crippen LogP contribution in [0.4, 0.5) is 0 Å². The van der Waals surface area contributed by atoms with Crippen molar-refractivity contribution in [2.75, 3.05) is 0 Å². The van der Waals surface area contributed by atoms with Gasteiger partial charge in [-0.05, 0) is 12.8 Å². The maximum absolute atomic E-state index is 2.35. The molecule has 0 N–H and O–H groups in total. The Balaban J connectivity index is 2.16. The molecule has 0 aliphatic heterocycles. The second kappa shape index (κ2) is 1.45. The summed E-state index contributed by atoms with van der Waals surface area (Å²) in [5.41, 5.74) is 3.46. The van der Waals surface area contributed by atoms with Gasteiger partial charge in [0, 0.05) is 11.8 Å². The standard InChI is InChI=1S/C10H10/c1-2-8-4-3-7(1)9-5-6-10(8)9/h1-4,7-8H,5-6H2. The first-order valence-corrected chi connectivity index (χ1v) is 4.03. The largest absolute Gasteiger partial charge is 0.0767 e. The van der Waals surface area contributed by atoms with E-state index in [1.54, 1.807) is 11.1 Å². The molecule has 0 atom stereocenters. The molecule has 0 radical (unpaired) electrons. The minimum absolute atomic E-state index is 0.703. The van der Waals surface area contributed by atoms with E-state index >= 15 is 0 Å². The fourth-order valence-electron chi connectivity index (χ4n) is 2.25. The van der Waals surface area contributed by atoms with Crippen molar-refractivity contribution in [2.45, 2.75) is 12.8 Å². The van der Waals surface area contributed by atoms with Crippen molar-refractivity contribution < 1.29 is 0 Å². The van der Waals surface area contributed by atoms with Crippen LogP contribution in [0.2, 0.25) is 0 Å². The highest BCUT2D eigenvalue weighted by molar-refractivity contribution is 5.46. The average molecular weight is 130 g/mol. The first-order chi connectivity index (χ1) is 4.95. The summed E-state index contributed by atoms with van der Waals surface area (Å²) < 4.78 is 0. The summed E-state index contributed by atoms with van der Waals surface area (Å²) in [6, 6.07) is 0. The summed E-state index contributed by atoms with van der Waals surface area (Å²) in [7, 11) is 0. The second-order valence-electron chi connectivity index (χ2n) is 3.37. The zero-order valence-corrected chi connectivity index (χ0v) is 5.88. The molecule has 0 amide bonds. The summed E-state index contributed by atoms with van der Waals surface area (Å²) in [5, 5.41) is 0. The minimum Gasteiger partial charge on any atom is -0.0767 e. The summed E-state index contributed by atoms with van der Waals surface area (Å²) in [6.07, 6.45) is 12.1. The first kappa shape index (κ1) is 4.95. The molecule has 4 aliphatic rings. The maximum atomic E-state index is 2.35. The monoisotopic (exact) mass is 130 g/mol. The van der Waals surface area contributed by atoms with Gasteiger partial charge in [0.15, 0.2) is 0 Å². The summed E-state index contributed by atoms with van der Waals surface area (Å²) in [4.78, 5) is 0. The predicted octanol–water partition coefficient (Wildman–Crippen LogP) is 2.45. The number of allylic oxidation sites excluding steroid dienone is 6. The molecular weight excluding hydrogens is 120 g/mol. The van der Waals surface area contributed by atoms with Crippen LogP contribution in [0, 0.1) is 11.8 Å². The fraction of sp³-hybridized carbons (Fsp3) is 0.400. The molecule has 2 bridgehead atoms. The fourth-order valence-corrected chi connectivity index (χ4v) is 2.25. The van der Waals surface area contributed by atoms with E-state index < -0.39 is 0 Å². The normalized spacial score (nSPS) is 40.0. The molecule has 0 aromatic carbocycles. The topological polar surface area (TPSA) is 0 Å². The molecule has 0 heteroatoms. The SMILES string of the molecule is C1=CC2C=CC1C1=C2CC1. The van der Waals surface area contributed by atoms with Gasteiger partial charge in [-0.25, -0.2) is 0 Å². The van der Waals surface area contributed by atoms with E-state index in [9.17, 15) is 0 Å². The highest BCUT2D eigenvalue weighted by Gasteiger charge is 2.31. The Morgan fingerprint density at radius 1 is 0.800 bits per heavy atom. The van der Waals surface area contributed by atoms with Crippen molar-refractivity contribution in [2.24, 2.45) is 11.8 Å². The zero-order chi connectivity index (χ0) is 6.55. The van der Waals surface area contributed by atoms with Gasteiger partial charge in [0.05, 0.1) is 0 Å². The van der Waals surface area contributed by atoms with Crippen LogP contribution in [0.1, 0.15) is 12.8 Å². The Labute approximate surface area is 60.9 Å². The molecule has 4 aliphatic carbocycles. The van der Waals surface area contributed by atoms with Gasteiger partial charge in [0.25, 0.3) is 0 Å². The molecule has 50 valence electrons. The van der Waals surface area contributed by atoms with Crippen LogP contribution < -0.4 is 0 Å². The van der Waals surface area contributed by atoms with Gasteiger partial charge in [-0.3, -0.25) is 0 Å². The van der Waals surface area contributed by atoms with Gasteiger partial charge in [0.2, 0.25) is 0 Å². The molecule has 0 saturated heterocycles. The highest BCUT2D eigenvalue weighted by Crippen LogP contribution is 2.46. The van der Waals surface area contributed by atoms with E-state index in [1.807, 2.05) is 0 Å². The van der Waals surface area contributed by atoms with Crippen molar-refractivity contribution in [1.82, 2.24) is 0 Å². The lowest BCUT2D eigenvalue weighted by molar-refractivity contribution is 0.606. The van der Waals surface area contributed by atoms with Crippen LogP contribution in [0.3, 0.4) is 0 Å². The number of rotatable bonds is 0. The molecule has 0 heterocycles. The Morgan fingerprint density at radius 3 is 1.40 bits per heavy atom. The molecule has 0 nitrogen and oxygen atoms in total. The van der Waals surface area contributed by atoms with Crippen LogP contribution >= 0.6 is 0 Å². The third-order valence-electron chi connectivity index (χ3n) is 2.93. The molecule has 0 aromatic heterocycles. The van der Waals surface area contributed by atoms with E-state index in [4.69, 9.17) is 0 Å². The van der Waals surface area contributed by atoms with Crippen LogP contribution in [0.15, 0.2) is 35.5 Å². The first-order valence-electron chi connectivity index (χ1n) is 4.03. The van der Waals surface area contributed by atoms with E-state index in [0.29, 0.717) is 11.8 Å². The second-order valence-corrected chi connectivity index (χ2v) is 3.37. The van der Waals surface area contributed by atoms with E-state index in [2.05, 4.69) is 24.3 Å². The van der Waals surface area contributed by atoms with Gasteiger partial charge >= 0.3 is 0 Å². The molecular formula is C10H10. The quantitative estimate of drug-likeness (QED) is 0.442. The van der Waals surface area contributed by atoms with Gasteiger partial charge in [-0.1, -0.05) is 35.5 Å². The van der Waals surface area contributed by atoms with Crippen LogP contribution in [0.25, 0.3) is 0 Å². The van der Waals surface area contributed by atoms with E-state index in [1.165, 1.54) is 12.8 Å². The highest BCUT2D eigenvalue weighted by atomic mass is 14.4.